The fraction of sp³-hybridized carbons (Fsp3) is 0.231. The number of methoxy groups -OCH3 is 2. The number of aromatic amines is 1. The maximum atomic E-state index is 12.5. The van der Waals surface area contributed by atoms with E-state index < -0.39 is 0 Å². The third kappa shape index (κ3) is 4.81. The monoisotopic (exact) mass is 429 g/mol. The lowest BCUT2D eigenvalue weighted by molar-refractivity contribution is 0.412. The zero-order chi connectivity index (χ0) is 22.5. The van der Waals surface area contributed by atoms with Crippen molar-refractivity contribution in [1.29, 1.82) is 0 Å². The van der Waals surface area contributed by atoms with Gasteiger partial charge in [-0.3, -0.25) is 4.79 Å². The van der Waals surface area contributed by atoms with E-state index in [9.17, 15) is 4.79 Å². The molecule has 0 saturated carbocycles. The molecule has 4 rings (SSSR count). The van der Waals surface area contributed by atoms with Crippen molar-refractivity contribution < 1.29 is 9.47 Å². The quantitative estimate of drug-likeness (QED) is 0.429. The molecule has 4 aromatic rings. The smallest absolute Gasteiger partial charge is 0.258 e. The second-order valence-electron chi connectivity index (χ2n) is 7.73. The average Bonchev–Trinajstić information content (AvgIpc) is 2.84. The Labute approximate surface area is 187 Å². The van der Waals surface area contributed by atoms with Crippen molar-refractivity contribution in [3.05, 3.63) is 100 Å². The number of nitrogens with zero attached hydrogens (tertiary/aromatic N) is 1. The van der Waals surface area contributed by atoms with Gasteiger partial charge in [-0.2, -0.15) is 0 Å². The van der Waals surface area contributed by atoms with Crippen LogP contribution in [-0.4, -0.2) is 24.2 Å². The molecule has 0 spiro atoms. The molecule has 1 heterocycles. The predicted molar refractivity (Wildman–Crippen MR) is 126 cm³/mol. The zero-order valence-electron chi connectivity index (χ0n) is 18.5. The van der Waals surface area contributed by atoms with Gasteiger partial charge in [0.25, 0.3) is 5.56 Å². The molecule has 0 bridgehead atoms. The van der Waals surface area contributed by atoms with Crippen LogP contribution in [0.3, 0.4) is 0 Å². The molecule has 0 radical (unpaired) electrons. The number of para-hydroxylation sites is 1. The number of nitrogens with one attached hydrogen (secondary N) is 2. The highest BCUT2D eigenvalue weighted by Gasteiger charge is 2.19. The molecule has 6 nitrogen and oxygen atoms in total. The Kier molecular flexibility index (Phi) is 6.52. The van der Waals surface area contributed by atoms with Gasteiger partial charge in [0.15, 0.2) is 0 Å². The summed E-state index contributed by atoms with van der Waals surface area (Å²) in [4.78, 5) is 20.2. The van der Waals surface area contributed by atoms with Crippen molar-refractivity contribution in [3.63, 3.8) is 0 Å². The Balaban J connectivity index is 1.63. The van der Waals surface area contributed by atoms with Crippen molar-refractivity contribution >= 4 is 10.9 Å². The van der Waals surface area contributed by atoms with Crippen LogP contribution in [0.4, 0.5) is 0 Å². The fourth-order valence-corrected chi connectivity index (χ4v) is 3.80. The lowest BCUT2D eigenvalue weighted by Crippen LogP contribution is -2.29. The summed E-state index contributed by atoms with van der Waals surface area (Å²) in [5.74, 6) is 2.25. The number of hydrogen-bond donors (Lipinski definition) is 2. The third-order valence-corrected chi connectivity index (χ3v) is 5.61. The number of rotatable bonds is 8. The van der Waals surface area contributed by atoms with Crippen LogP contribution in [0.25, 0.3) is 10.9 Å². The van der Waals surface area contributed by atoms with Crippen LogP contribution in [0.2, 0.25) is 0 Å². The first-order chi connectivity index (χ1) is 15.6. The Morgan fingerprint density at radius 2 is 1.53 bits per heavy atom. The van der Waals surface area contributed by atoms with Gasteiger partial charge in [0, 0.05) is 6.04 Å². The van der Waals surface area contributed by atoms with Crippen LogP contribution >= 0.6 is 0 Å². The lowest BCUT2D eigenvalue weighted by atomic mass is 9.97. The van der Waals surface area contributed by atoms with E-state index in [0.717, 1.165) is 23.5 Å². The first-order valence-corrected chi connectivity index (χ1v) is 10.6. The van der Waals surface area contributed by atoms with Gasteiger partial charge in [0.05, 0.1) is 31.2 Å². The molecule has 0 unspecified atom stereocenters. The second-order valence-corrected chi connectivity index (χ2v) is 7.73. The van der Waals surface area contributed by atoms with E-state index in [-0.39, 0.29) is 17.6 Å². The molecule has 0 amide bonds. The summed E-state index contributed by atoms with van der Waals surface area (Å²) in [7, 11) is 3.32. The SMILES string of the molecule is COc1ccc(C[C@@H](N[C@@H](C)c2nc3ccccc3c(=O)[nH]2)c2ccc(OC)cc2)cc1. The van der Waals surface area contributed by atoms with E-state index in [1.807, 2.05) is 49.4 Å². The second kappa shape index (κ2) is 9.66. The Hall–Kier alpha value is -3.64. The van der Waals surface area contributed by atoms with E-state index >= 15 is 0 Å². The van der Waals surface area contributed by atoms with Crippen LogP contribution in [-0.2, 0) is 6.42 Å². The highest BCUT2D eigenvalue weighted by Crippen LogP contribution is 2.25. The third-order valence-electron chi connectivity index (χ3n) is 5.61. The molecule has 3 aromatic carbocycles. The van der Waals surface area contributed by atoms with E-state index in [1.54, 1.807) is 20.3 Å². The van der Waals surface area contributed by atoms with Gasteiger partial charge in [-0.25, -0.2) is 4.98 Å². The van der Waals surface area contributed by atoms with Crippen molar-refractivity contribution in [3.8, 4) is 11.5 Å². The van der Waals surface area contributed by atoms with Crippen LogP contribution in [0, 0.1) is 0 Å². The molecule has 2 atom stereocenters. The summed E-state index contributed by atoms with van der Waals surface area (Å²) in [6.45, 7) is 2.01. The molecule has 0 fully saturated rings. The Morgan fingerprint density at radius 1 is 0.906 bits per heavy atom. The van der Waals surface area contributed by atoms with E-state index in [1.165, 1.54) is 5.56 Å². The summed E-state index contributed by atoms with van der Waals surface area (Å²) < 4.78 is 10.6. The van der Waals surface area contributed by atoms with Gasteiger partial charge < -0.3 is 19.8 Å². The molecule has 6 heteroatoms. The summed E-state index contributed by atoms with van der Waals surface area (Å²) in [6, 6.07) is 23.3. The van der Waals surface area contributed by atoms with Crippen LogP contribution in [0.15, 0.2) is 77.6 Å². The van der Waals surface area contributed by atoms with E-state index in [0.29, 0.717) is 16.7 Å². The number of hydrogen-bond acceptors (Lipinski definition) is 5. The molecule has 164 valence electrons. The fourth-order valence-electron chi connectivity index (χ4n) is 3.80. The maximum Gasteiger partial charge on any atom is 0.258 e. The van der Waals surface area contributed by atoms with Crippen LogP contribution in [0.1, 0.15) is 36.0 Å². The average molecular weight is 430 g/mol. The van der Waals surface area contributed by atoms with Gasteiger partial charge in [-0.1, -0.05) is 36.4 Å². The van der Waals surface area contributed by atoms with Crippen LogP contribution in [0.5, 0.6) is 11.5 Å². The standard InChI is InChI=1S/C26H27N3O3/c1-17(25-28-23-7-5-4-6-22(23)26(30)29-25)27-24(19-10-14-21(32-3)15-11-19)16-18-8-12-20(31-2)13-9-18/h4-15,17,24,27H,16H2,1-3H3,(H,28,29,30)/t17-,24+/m0/s1. The molecule has 1 aromatic heterocycles. The number of benzene rings is 3. The minimum Gasteiger partial charge on any atom is -0.497 e. The van der Waals surface area contributed by atoms with E-state index in [4.69, 9.17) is 9.47 Å². The number of H-pyrrole nitrogens is 1. The van der Waals surface area contributed by atoms with Gasteiger partial charge in [-0.15, -0.1) is 0 Å². The zero-order valence-corrected chi connectivity index (χ0v) is 18.5. The van der Waals surface area contributed by atoms with Gasteiger partial charge in [0.2, 0.25) is 0 Å². The molecule has 0 aliphatic carbocycles. The van der Waals surface area contributed by atoms with E-state index in [2.05, 4.69) is 39.6 Å². The van der Waals surface area contributed by atoms with Gasteiger partial charge in [-0.05, 0) is 60.9 Å². The first-order valence-electron chi connectivity index (χ1n) is 10.6. The lowest BCUT2D eigenvalue weighted by Gasteiger charge is -2.24. The summed E-state index contributed by atoms with van der Waals surface area (Å²) in [6.07, 6.45) is 0.762. The summed E-state index contributed by atoms with van der Waals surface area (Å²) >= 11 is 0. The van der Waals surface area contributed by atoms with Gasteiger partial charge >= 0.3 is 0 Å². The van der Waals surface area contributed by atoms with Crippen LogP contribution < -0.4 is 20.3 Å². The minimum absolute atomic E-state index is 0.000994. The molecule has 0 aliphatic heterocycles. The van der Waals surface area contributed by atoms with Crippen molar-refractivity contribution in [2.75, 3.05) is 14.2 Å². The summed E-state index contributed by atoms with van der Waals surface area (Å²) in [5, 5.41) is 4.24. The molecular formula is C26H27N3O3. The first kappa shape index (κ1) is 21.6. The predicted octanol–water partition coefficient (Wildman–Crippen LogP) is 4.57. The molecule has 32 heavy (non-hydrogen) atoms. The Bertz CT molecular complexity index is 1230. The number of ether oxygens (including phenoxy) is 2. The minimum atomic E-state index is -0.169. The highest BCUT2D eigenvalue weighted by molar-refractivity contribution is 5.77. The van der Waals surface area contributed by atoms with Crippen molar-refractivity contribution in [1.82, 2.24) is 15.3 Å². The largest absolute Gasteiger partial charge is 0.497 e. The van der Waals surface area contributed by atoms with Crippen molar-refractivity contribution in [2.45, 2.75) is 25.4 Å². The number of aromatic nitrogens is 2. The Morgan fingerprint density at radius 3 is 2.19 bits per heavy atom. The molecular weight excluding hydrogens is 402 g/mol. The highest BCUT2D eigenvalue weighted by atomic mass is 16.5. The molecule has 0 saturated heterocycles. The van der Waals surface area contributed by atoms with Crippen molar-refractivity contribution in [2.24, 2.45) is 0 Å². The number of fused-ring (bicyclic) bond motifs is 1. The van der Waals surface area contributed by atoms with Gasteiger partial charge in [0.1, 0.15) is 17.3 Å². The summed E-state index contributed by atoms with van der Waals surface area (Å²) in [5.41, 5.74) is 2.86. The maximum absolute atomic E-state index is 12.5. The topological polar surface area (TPSA) is 76.2 Å². The normalized spacial score (nSPS) is 13.0. The molecule has 0 aliphatic rings. The molecule has 2 N–H and O–H groups in total.